The molecule has 0 bridgehead atoms. The molecule has 2 N–H and O–H groups in total. The van der Waals surface area contributed by atoms with Crippen LogP contribution in [-0.4, -0.2) is 9.97 Å². The lowest BCUT2D eigenvalue weighted by atomic mass is 9.98. The number of fused-ring (bicyclic) bond motifs is 1. The summed E-state index contributed by atoms with van der Waals surface area (Å²) in [6.45, 7) is 1.94. The quantitative estimate of drug-likeness (QED) is 0.759. The van der Waals surface area contributed by atoms with Gasteiger partial charge in [-0.15, -0.1) is 0 Å². The standard InChI is InChI=1S/C17H14F3N3/c1-2-10-8-11(9-23-16(10)21)12-5-6-14(17(18,19)20)13-4-3-7-22-15(12)13/h3-9H,2H2,1H3,(H2,21,23). The lowest BCUT2D eigenvalue weighted by molar-refractivity contribution is -0.136. The number of nitrogens with zero attached hydrogens (tertiary/aromatic N) is 2. The Bertz CT molecular complexity index is 873. The third kappa shape index (κ3) is 2.72. The van der Waals surface area contributed by atoms with Crippen LogP contribution in [0.3, 0.4) is 0 Å². The molecule has 118 valence electrons. The zero-order valence-corrected chi connectivity index (χ0v) is 12.4. The Hall–Kier alpha value is -2.63. The minimum Gasteiger partial charge on any atom is -0.383 e. The zero-order chi connectivity index (χ0) is 16.6. The van der Waals surface area contributed by atoms with E-state index in [9.17, 15) is 13.2 Å². The molecule has 0 aliphatic carbocycles. The van der Waals surface area contributed by atoms with Crippen molar-refractivity contribution >= 4 is 16.7 Å². The third-order valence-electron chi connectivity index (χ3n) is 3.77. The van der Waals surface area contributed by atoms with Crippen molar-refractivity contribution in [1.82, 2.24) is 9.97 Å². The highest BCUT2D eigenvalue weighted by molar-refractivity contribution is 5.95. The Kier molecular flexibility index (Phi) is 3.67. The van der Waals surface area contributed by atoms with E-state index in [4.69, 9.17) is 5.73 Å². The van der Waals surface area contributed by atoms with Gasteiger partial charge in [0.25, 0.3) is 0 Å². The summed E-state index contributed by atoms with van der Waals surface area (Å²) < 4.78 is 39.5. The zero-order valence-electron chi connectivity index (χ0n) is 12.4. The summed E-state index contributed by atoms with van der Waals surface area (Å²) in [6, 6.07) is 7.30. The average Bonchev–Trinajstić information content (AvgIpc) is 2.53. The van der Waals surface area contributed by atoms with Gasteiger partial charge in [-0.1, -0.05) is 19.1 Å². The Morgan fingerprint density at radius 3 is 2.61 bits per heavy atom. The summed E-state index contributed by atoms with van der Waals surface area (Å²) in [4.78, 5) is 8.28. The predicted molar refractivity (Wildman–Crippen MR) is 83.8 cm³/mol. The summed E-state index contributed by atoms with van der Waals surface area (Å²) in [6.07, 6.45) is -0.685. The van der Waals surface area contributed by atoms with Gasteiger partial charge in [0.1, 0.15) is 5.82 Å². The molecule has 0 saturated carbocycles. The highest BCUT2D eigenvalue weighted by atomic mass is 19.4. The normalized spacial score (nSPS) is 11.8. The number of pyridine rings is 2. The first kappa shape index (κ1) is 15.3. The van der Waals surface area contributed by atoms with Gasteiger partial charge in [0.15, 0.2) is 0 Å². The molecule has 0 unspecified atom stereocenters. The van der Waals surface area contributed by atoms with Crippen LogP contribution in [0.1, 0.15) is 18.1 Å². The van der Waals surface area contributed by atoms with Crippen LogP contribution in [0.15, 0.2) is 42.7 Å². The molecule has 1 aromatic carbocycles. The van der Waals surface area contributed by atoms with E-state index in [2.05, 4.69) is 9.97 Å². The number of nitrogens with two attached hydrogens (primary N) is 1. The van der Waals surface area contributed by atoms with Crippen molar-refractivity contribution in [3.63, 3.8) is 0 Å². The smallest absolute Gasteiger partial charge is 0.383 e. The maximum absolute atomic E-state index is 13.2. The van der Waals surface area contributed by atoms with Crippen LogP contribution in [-0.2, 0) is 12.6 Å². The van der Waals surface area contributed by atoms with Gasteiger partial charge in [0, 0.05) is 28.9 Å². The molecular weight excluding hydrogens is 303 g/mol. The van der Waals surface area contributed by atoms with Gasteiger partial charge in [0.2, 0.25) is 0 Å². The van der Waals surface area contributed by atoms with Gasteiger partial charge >= 0.3 is 6.18 Å². The number of hydrogen-bond donors (Lipinski definition) is 1. The maximum Gasteiger partial charge on any atom is 0.417 e. The number of halogens is 3. The molecular formula is C17H14F3N3. The minimum absolute atomic E-state index is 0.0763. The van der Waals surface area contributed by atoms with Crippen LogP contribution in [0.25, 0.3) is 22.0 Å². The molecule has 0 fully saturated rings. The summed E-state index contributed by atoms with van der Waals surface area (Å²) in [7, 11) is 0. The lowest BCUT2D eigenvalue weighted by Crippen LogP contribution is -2.06. The van der Waals surface area contributed by atoms with Crippen molar-refractivity contribution in [3.8, 4) is 11.1 Å². The lowest BCUT2D eigenvalue weighted by Gasteiger charge is -2.13. The third-order valence-corrected chi connectivity index (χ3v) is 3.77. The van der Waals surface area contributed by atoms with Crippen molar-refractivity contribution in [2.75, 3.05) is 5.73 Å². The van der Waals surface area contributed by atoms with Crippen molar-refractivity contribution in [1.29, 1.82) is 0 Å². The Balaban J connectivity index is 2.28. The Morgan fingerprint density at radius 2 is 1.91 bits per heavy atom. The van der Waals surface area contributed by atoms with E-state index in [0.29, 0.717) is 28.9 Å². The SMILES string of the molecule is CCc1cc(-c2ccc(C(F)(F)F)c3cccnc23)cnc1N. The first-order chi connectivity index (χ1) is 10.9. The summed E-state index contributed by atoms with van der Waals surface area (Å²) in [5.74, 6) is 0.431. The topological polar surface area (TPSA) is 51.8 Å². The molecule has 2 aromatic heterocycles. The van der Waals surface area contributed by atoms with Crippen molar-refractivity contribution < 1.29 is 13.2 Å². The van der Waals surface area contributed by atoms with Gasteiger partial charge in [-0.3, -0.25) is 4.98 Å². The molecule has 23 heavy (non-hydrogen) atoms. The molecule has 0 saturated heterocycles. The highest BCUT2D eigenvalue weighted by Gasteiger charge is 2.33. The van der Waals surface area contributed by atoms with Crippen LogP contribution < -0.4 is 5.73 Å². The Labute approximate surface area is 131 Å². The fraction of sp³-hybridized carbons (Fsp3) is 0.176. The van der Waals surface area contributed by atoms with Gasteiger partial charge in [-0.05, 0) is 30.2 Å². The molecule has 0 aliphatic rings. The van der Waals surface area contributed by atoms with Crippen molar-refractivity contribution in [2.24, 2.45) is 0 Å². The molecule has 3 aromatic rings. The van der Waals surface area contributed by atoms with E-state index >= 15 is 0 Å². The first-order valence-electron chi connectivity index (χ1n) is 7.11. The highest BCUT2D eigenvalue weighted by Crippen LogP contribution is 2.38. The van der Waals surface area contributed by atoms with Crippen LogP contribution in [0.5, 0.6) is 0 Å². The van der Waals surface area contributed by atoms with Crippen molar-refractivity contribution in [3.05, 3.63) is 53.9 Å². The molecule has 0 atom stereocenters. The van der Waals surface area contributed by atoms with E-state index in [1.807, 2.05) is 13.0 Å². The molecule has 2 heterocycles. The van der Waals surface area contributed by atoms with E-state index in [0.717, 1.165) is 11.6 Å². The molecule has 0 spiro atoms. The Morgan fingerprint density at radius 1 is 1.13 bits per heavy atom. The number of benzene rings is 1. The van der Waals surface area contributed by atoms with Gasteiger partial charge in [0.05, 0.1) is 11.1 Å². The molecule has 3 rings (SSSR count). The minimum atomic E-state index is -4.42. The van der Waals surface area contributed by atoms with Gasteiger partial charge in [-0.25, -0.2) is 4.98 Å². The number of nitrogen functional groups attached to an aromatic ring is 1. The van der Waals surface area contributed by atoms with Gasteiger partial charge in [-0.2, -0.15) is 13.2 Å². The summed E-state index contributed by atoms with van der Waals surface area (Å²) in [5, 5.41) is 0.0763. The largest absolute Gasteiger partial charge is 0.417 e. The van der Waals surface area contributed by atoms with Gasteiger partial charge < -0.3 is 5.73 Å². The predicted octanol–water partition coefficient (Wildman–Crippen LogP) is 4.46. The van der Waals surface area contributed by atoms with E-state index in [1.165, 1.54) is 24.4 Å². The van der Waals surface area contributed by atoms with Crippen LogP contribution >= 0.6 is 0 Å². The van der Waals surface area contributed by atoms with E-state index in [1.54, 1.807) is 6.20 Å². The fourth-order valence-electron chi connectivity index (χ4n) is 2.60. The summed E-state index contributed by atoms with van der Waals surface area (Å²) >= 11 is 0. The average molecular weight is 317 g/mol. The van der Waals surface area contributed by atoms with Crippen LogP contribution in [0, 0.1) is 0 Å². The van der Waals surface area contributed by atoms with E-state index < -0.39 is 11.7 Å². The number of alkyl halides is 3. The number of aromatic nitrogens is 2. The maximum atomic E-state index is 13.2. The van der Waals surface area contributed by atoms with Crippen LogP contribution in [0.2, 0.25) is 0 Å². The second-order valence-corrected chi connectivity index (χ2v) is 5.18. The number of rotatable bonds is 2. The van der Waals surface area contributed by atoms with Crippen LogP contribution in [0.4, 0.5) is 19.0 Å². The second kappa shape index (κ2) is 5.53. The molecule has 0 radical (unpaired) electrons. The molecule has 0 amide bonds. The van der Waals surface area contributed by atoms with Crippen molar-refractivity contribution in [2.45, 2.75) is 19.5 Å². The van der Waals surface area contributed by atoms with E-state index in [-0.39, 0.29) is 5.39 Å². The molecule has 3 nitrogen and oxygen atoms in total. The first-order valence-corrected chi connectivity index (χ1v) is 7.11. The number of aryl methyl sites for hydroxylation is 1. The monoisotopic (exact) mass is 317 g/mol. The fourth-order valence-corrected chi connectivity index (χ4v) is 2.60. The second-order valence-electron chi connectivity index (χ2n) is 5.18. The molecule has 6 heteroatoms. The number of hydrogen-bond acceptors (Lipinski definition) is 3. The summed E-state index contributed by atoms with van der Waals surface area (Å²) in [5.41, 5.74) is 7.57. The number of anilines is 1. The molecule has 0 aliphatic heterocycles.